The first kappa shape index (κ1) is 11.1. The van der Waals surface area contributed by atoms with E-state index in [4.69, 9.17) is 5.11 Å². The van der Waals surface area contributed by atoms with E-state index < -0.39 is 4.92 Å². The number of hydrogen-bond acceptors (Lipinski definition) is 3. The van der Waals surface area contributed by atoms with Gasteiger partial charge in [-0.1, -0.05) is 0 Å². The molecule has 1 aromatic carbocycles. The second-order valence-electron chi connectivity index (χ2n) is 1.77. The first-order chi connectivity index (χ1) is 4.70. The van der Waals surface area contributed by atoms with Gasteiger partial charge in [0.1, 0.15) is 5.75 Å². The van der Waals surface area contributed by atoms with Crippen LogP contribution < -0.4 is 51.4 Å². The van der Waals surface area contributed by atoms with E-state index in [1.807, 2.05) is 0 Å². The summed E-state index contributed by atoms with van der Waals surface area (Å²) in [7, 11) is 0. The first-order valence-electron chi connectivity index (χ1n) is 2.63. The maximum Gasteiger partial charge on any atom is 1.00 e. The van der Waals surface area contributed by atoms with E-state index in [1.165, 1.54) is 24.3 Å². The molecule has 1 aromatic rings. The number of non-ortho nitro benzene ring substituents is 1. The number of rotatable bonds is 1. The van der Waals surface area contributed by atoms with Gasteiger partial charge in [-0.25, -0.2) is 0 Å². The smallest absolute Gasteiger partial charge is 1.00 e. The predicted molar refractivity (Wildman–Crippen MR) is 35.9 cm³/mol. The zero-order chi connectivity index (χ0) is 7.56. The molecule has 0 heterocycles. The van der Waals surface area contributed by atoms with Gasteiger partial charge in [0.25, 0.3) is 5.69 Å². The number of benzene rings is 1. The number of phenolic OH excluding ortho intramolecular Hbond substituents is 1. The first-order valence-corrected chi connectivity index (χ1v) is 2.63. The average molecular weight is 179 g/mol. The Morgan fingerprint density at radius 1 is 1.36 bits per heavy atom. The molecule has 54 valence electrons. The molecule has 0 bridgehead atoms. The van der Waals surface area contributed by atoms with E-state index >= 15 is 0 Å². The molecule has 0 amide bonds. The molecule has 0 fully saturated rings. The summed E-state index contributed by atoms with van der Waals surface area (Å²) >= 11 is 0. The van der Waals surface area contributed by atoms with Crippen LogP contribution in [0.2, 0.25) is 0 Å². The Morgan fingerprint density at radius 3 is 2.18 bits per heavy atom. The van der Waals surface area contributed by atoms with E-state index in [0.717, 1.165) is 0 Å². The Hall–Kier alpha value is 0.0564. The third kappa shape index (κ3) is 3.30. The minimum Gasteiger partial charge on any atom is -1.00 e. The zero-order valence-electron chi connectivity index (χ0n) is 7.02. The SMILES string of the molecule is O=[N+]([O-])c1ccc(O)cc1.[H-].[K+]. The van der Waals surface area contributed by atoms with Crippen LogP contribution in [-0.2, 0) is 0 Å². The van der Waals surface area contributed by atoms with Gasteiger partial charge in [0.15, 0.2) is 0 Å². The number of nitro benzene ring substituents is 1. The molecule has 0 saturated heterocycles. The van der Waals surface area contributed by atoms with Crippen molar-refractivity contribution in [1.82, 2.24) is 0 Å². The summed E-state index contributed by atoms with van der Waals surface area (Å²) in [6.07, 6.45) is 0. The molecule has 11 heavy (non-hydrogen) atoms. The average Bonchev–Trinajstić information content (AvgIpc) is 1.88. The van der Waals surface area contributed by atoms with E-state index in [-0.39, 0.29) is 64.2 Å². The molecule has 1 N–H and O–H groups in total. The van der Waals surface area contributed by atoms with Gasteiger partial charge in [0, 0.05) is 12.1 Å². The molecule has 5 heteroatoms. The molecule has 0 aliphatic heterocycles. The summed E-state index contributed by atoms with van der Waals surface area (Å²) in [6.45, 7) is 0. The van der Waals surface area contributed by atoms with Crippen LogP contribution in [0.25, 0.3) is 0 Å². The van der Waals surface area contributed by atoms with Crippen LogP contribution in [0.1, 0.15) is 1.43 Å². The maximum atomic E-state index is 10.0. The summed E-state index contributed by atoms with van der Waals surface area (Å²) in [5.41, 5.74) is -0.0159. The van der Waals surface area contributed by atoms with Gasteiger partial charge >= 0.3 is 51.4 Å². The summed E-state index contributed by atoms with van der Waals surface area (Å²) < 4.78 is 0. The summed E-state index contributed by atoms with van der Waals surface area (Å²) in [6, 6.07) is 5.04. The quantitative estimate of drug-likeness (QED) is 0.321. The number of nitrogens with zero attached hydrogens (tertiary/aromatic N) is 1. The minimum absolute atomic E-state index is 0. The molecular formula is C6H6KNO3. The molecule has 0 spiro atoms. The van der Waals surface area contributed by atoms with E-state index in [1.54, 1.807) is 0 Å². The number of nitro groups is 1. The van der Waals surface area contributed by atoms with Crippen molar-refractivity contribution in [3.8, 4) is 5.75 Å². The number of phenols is 1. The molecular weight excluding hydrogens is 173 g/mol. The van der Waals surface area contributed by atoms with Gasteiger partial charge in [-0.05, 0) is 12.1 Å². The van der Waals surface area contributed by atoms with Crippen molar-refractivity contribution >= 4 is 5.69 Å². The van der Waals surface area contributed by atoms with Gasteiger partial charge in [-0.2, -0.15) is 0 Å². The van der Waals surface area contributed by atoms with Crippen molar-refractivity contribution in [2.75, 3.05) is 0 Å². The van der Waals surface area contributed by atoms with Gasteiger partial charge < -0.3 is 6.53 Å². The fourth-order valence-corrected chi connectivity index (χ4v) is 0.574. The third-order valence-corrected chi connectivity index (χ3v) is 1.06. The topological polar surface area (TPSA) is 63.4 Å². The van der Waals surface area contributed by atoms with E-state index in [0.29, 0.717) is 0 Å². The van der Waals surface area contributed by atoms with Crippen LogP contribution in [0.15, 0.2) is 24.3 Å². The standard InChI is InChI=1S/C6H5NO3.K.H/c8-6-3-1-5(2-4-6)7(9)10;;/h1-4,8H;;/q;+1;-1. The van der Waals surface area contributed by atoms with Gasteiger partial charge in [-0.15, -0.1) is 0 Å². The second-order valence-corrected chi connectivity index (χ2v) is 1.77. The Bertz CT molecular complexity index is 251. The molecule has 0 radical (unpaired) electrons. The summed E-state index contributed by atoms with van der Waals surface area (Å²) in [5.74, 6) is 0.0330. The van der Waals surface area contributed by atoms with Crippen molar-refractivity contribution in [1.29, 1.82) is 0 Å². The molecule has 0 saturated carbocycles. The Labute approximate surface area is 107 Å². The maximum absolute atomic E-state index is 10.0. The van der Waals surface area contributed by atoms with E-state index in [9.17, 15) is 10.1 Å². The van der Waals surface area contributed by atoms with Crippen molar-refractivity contribution in [3.05, 3.63) is 34.4 Å². The second kappa shape index (κ2) is 4.84. The van der Waals surface area contributed by atoms with Crippen LogP contribution in [0.4, 0.5) is 5.69 Å². The van der Waals surface area contributed by atoms with Crippen molar-refractivity contribution in [3.63, 3.8) is 0 Å². The fourth-order valence-electron chi connectivity index (χ4n) is 0.574. The predicted octanol–water partition coefficient (Wildman–Crippen LogP) is -1.58. The Kier molecular flexibility index (Phi) is 4.86. The minimum atomic E-state index is -0.514. The van der Waals surface area contributed by atoms with Gasteiger partial charge in [0.05, 0.1) is 4.92 Å². The zero-order valence-corrected chi connectivity index (χ0v) is 9.14. The molecule has 0 atom stereocenters. The van der Waals surface area contributed by atoms with Gasteiger partial charge in [-0.3, -0.25) is 10.1 Å². The molecule has 0 aliphatic carbocycles. The molecule has 4 nitrogen and oxygen atoms in total. The normalized spacial score (nSPS) is 8.36. The van der Waals surface area contributed by atoms with Crippen LogP contribution in [0.3, 0.4) is 0 Å². The summed E-state index contributed by atoms with van der Waals surface area (Å²) in [4.78, 5) is 9.52. The monoisotopic (exact) mass is 179 g/mol. The largest absolute Gasteiger partial charge is 1.00 e. The van der Waals surface area contributed by atoms with Crippen molar-refractivity contribution < 1.29 is 62.8 Å². The van der Waals surface area contributed by atoms with Crippen LogP contribution in [-0.4, -0.2) is 10.0 Å². The summed E-state index contributed by atoms with van der Waals surface area (Å²) in [5, 5.41) is 18.8. The molecule has 1 rings (SSSR count). The van der Waals surface area contributed by atoms with Crippen LogP contribution in [0.5, 0.6) is 5.75 Å². The molecule has 0 aliphatic rings. The Morgan fingerprint density at radius 2 is 1.82 bits per heavy atom. The van der Waals surface area contributed by atoms with Crippen molar-refractivity contribution in [2.45, 2.75) is 0 Å². The number of hydrogen-bond donors (Lipinski definition) is 1. The third-order valence-electron chi connectivity index (χ3n) is 1.06. The Balaban J connectivity index is 0. The number of aromatic hydroxyl groups is 1. The van der Waals surface area contributed by atoms with E-state index in [2.05, 4.69) is 0 Å². The van der Waals surface area contributed by atoms with Crippen LogP contribution in [0, 0.1) is 10.1 Å². The molecule has 0 unspecified atom stereocenters. The fraction of sp³-hybridized carbons (Fsp3) is 0. The van der Waals surface area contributed by atoms with Crippen LogP contribution >= 0.6 is 0 Å². The molecule has 0 aromatic heterocycles. The van der Waals surface area contributed by atoms with Crippen molar-refractivity contribution in [2.24, 2.45) is 0 Å². The van der Waals surface area contributed by atoms with Gasteiger partial charge in [0.2, 0.25) is 0 Å².